The summed E-state index contributed by atoms with van der Waals surface area (Å²) in [5, 5.41) is 9.47. The predicted molar refractivity (Wildman–Crippen MR) is 78.4 cm³/mol. The van der Waals surface area contributed by atoms with Gasteiger partial charge in [-0.25, -0.2) is 0 Å². The van der Waals surface area contributed by atoms with Crippen molar-refractivity contribution < 1.29 is 9.84 Å². The van der Waals surface area contributed by atoms with Crippen LogP contribution in [0.4, 0.5) is 0 Å². The lowest BCUT2D eigenvalue weighted by molar-refractivity contribution is 0.407. The molecule has 98 valence electrons. The molecule has 0 amide bonds. The highest BCUT2D eigenvalue weighted by atomic mass is 16.5. The maximum absolute atomic E-state index is 9.47. The number of hydrogen-bond acceptors (Lipinski definition) is 2. The lowest BCUT2D eigenvalue weighted by atomic mass is 10.1. The predicted octanol–water partition coefficient (Wildman–Crippen LogP) is 3.83. The average molecular weight is 254 g/mol. The van der Waals surface area contributed by atoms with E-state index in [-0.39, 0.29) is 5.75 Å². The Bertz CT molecular complexity index is 563. The first-order chi connectivity index (χ1) is 9.28. The zero-order chi connectivity index (χ0) is 14.1. The summed E-state index contributed by atoms with van der Waals surface area (Å²) in [6, 6.07) is 14.6. The third-order valence-electron chi connectivity index (χ3n) is 2.25. The second kappa shape index (κ2) is 7.84. The normalized spacial score (nSPS) is 8.58. The van der Waals surface area contributed by atoms with Crippen molar-refractivity contribution in [1.29, 1.82) is 0 Å². The van der Waals surface area contributed by atoms with Crippen molar-refractivity contribution in [2.24, 2.45) is 0 Å². The number of rotatable bonds is 1. The van der Waals surface area contributed by atoms with Crippen molar-refractivity contribution in [3.05, 3.63) is 59.7 Å². The molecule has 0 bridgehead atoms. The molecule has 2 aromatic carbocycles. The highest BCUT2D eigenvalue weighted by Crippen LogP contribution is 2.20. The van der Waals surface area contributed by atoms with Crippen molar-refractivity contribution in [1.82, 2.24) is 0 Å². The number of methoxy groups -OCH3 is 1. The van der Waals surface area contributed by atoms with Crippen LogP contribution in [0, 0.1) is 11.8 Å². The largest absolute Gasteiger partial charge is 0.508 e. The summed E-state index contributed by atoms with van der Waals surface area (Å²) in [6.45, 7) is 4.00. The fourth-order valence-corrected chi connectivity index (χ4v) is 1.44. The van der Waals surface area contributed by atoms with E-state index in [4.69, 9.17) is 4.74 Å². The number of ether oxygens (including phenoxy) is 1. The van der Waals surface area contributed by atoms with E-state index in [1.165, 1.54) is 0 Å². The van der Waals surface area contributed by atoms with Crippen LogP contribution in [0.1, 0.15) is 25.0 Å². The molecule has 2 nitrogen and oxygen atoms in total. The molecule has 0 aliphatic carbocycles. The molecule has 0 aliphatic heterocycles. The minimum Gasteiger partial charge on any atom is -0.508 e. The Morgan fingerprint density at radius 3 is 2.16 bits per heavy atom. The molecular formula is C17H18O2. The number of hydrogen-bond donors (Lipinski definition) is 1. The van der Waals surface area contributed by atoms with E-state index in [0.717, 1.165) is 11.1 Å². The van der Waals surface area contributed by atoms with Gasteiger partial charge in [-0.2, -0.15) is 0 Å². The van der Waals surface area contributed by atoms with Crippen molar-refractivity contribution in [3.63, 3.8) is 0 Å². The van der Waals surface area contributed by atoms with Crippen molar-refractivity contribution >= 4 is 0 Å². The monoisotopic (exact) mass is 254 g/mol. The van der Waals surface area contributed by atoms with Crippen LogP contribution in [0.15, 0.2) is 48.5 Å². The van der Waals surface area contributed by atoms with Gasteiger partial charge in [-0.1, -0.05) is 43.9 Å². The van der Waals surface area contributed by atoms with Crippen LogP contribution in [0.3, 0.4) is 0 Å². The van der Waals surface area contributed by atoms with Gasteiger partial charge in [-0.3, -0.25) is 0 Å². The maximum atomic E-state index is 9.47. The van der Waals surface area contributed by atoms with Gasteiger partial charge in [0.1, 0.15) is 11.5 Å². The van der Waals surface area contributed by atoms with Crippen LogP contribution < -0.4 is 4.74 Å². The summed E-state index contributed by atoms with van der Waals surface area (Å²) in [5.74, 6) is 6.76. The molecule has 2 aromatic rings. The summed E-state index contributed by atoms with van der Waals surface area (Å²) in [5.41, 5.74) is 1.67. The minimum atomic E-state index is 0.154. The van der Waals surface area contributed by atoms with E-state index in [1.54, 1.807) is 25.3 Å². The first kappa shape index (κ1) is 14.7. The molecule has 2 heteroatoms. The first-order valence-corrected chi connectivity index (χ1v) is 6.23. The molecule has 0 saturated heterocycles. The Balaban J connectivity index is 0.000000861. The Morgan fingerprint density at radius 2 is 1.53 bits per heavy atom. The van der Waals surface area contributed by atoms with E-state index in [0.29, 0.717) is 5.75 Å². The second-order valence-corrected chi connectivity index (χ2v) is 3.54. The Labute approximate surface area is 114 Å². The Hall–Kier alpha value is -2.40. The lowest BCUT2D eigenvalue weighted by Crippen LogP contribution is -1.84. The number of phenolic OH excluding ortho intramolecular Hbond substituents is 1. The third kappa shape index (κ3) is 4.77. The van der Waals surface area contributed by atoms with Gasteiger partial charge >= 0.3 is 0 Å². The molecular weight excluding hydrogens is 236 g/mol. The van der Waals surface area contributed by atoms with Gasteiger partial charge in [0, 0.05) is 17.2 Å². The number of phenols is 1. The van der Waals surface area contributed by atoms with Crippen LogP contribution >= 0.6 is 0 Å². The first-order valence-electron chi connectivity index (χ1n) is 6.23. The smallest absolute Gasteiger partial charge is 0.123 e. The van der Waals surface area contributed by atoms with E-state index >= 15 is 0 Å². The van der Waals surface area contributed by atoms with Gasteiger partial charge in [0.15, 0.2) is 0 Å². The Morgan fingerprint density at radius 1 is 0.895 bits per heavy atom. The summed E-state index contributed by atoms with van der Waals surface area (Å²) in [7, 11) is 1.56. The maximum Gasteiger partial charge on any atom is 0.123 e. The van der Waals surface area contributed by atoms with E-state index in [2.05, 4.69) is 11.8 Å². The molecule has 0 radical (unpaired) electrons. The SMILES string of the molecule is CC.COc1cc(O)cc(C#Cc2ccccc2)c1. The van der Waals surface area contributed by atoms with Gasteiger partial charge in [-0.15, -0.1) is 0 Å². The quantitative estimate of drug-likeness (QED) is 0.784. The molecule has 2 rings (SSSR count). The molecule has 0 unspecified atom stereocenters. The summed E-state index contributed by atoms with van der Waals surface area (Å²) in [4.78, 5) is 0. The fraction of sp³-hybridized carbons (Fsp3) is 0.176. The van der Waals surface area contributed by atoms with Crippen LogP contribution in [0.2, 0.25) is 0 Å². The molecule has 0 heterocycles. The molecule has 0 fully saturated rings. The molecule has 0 aliphatic rings. The standard InChI is InChI=1S/C15H12O2.C2H6/c1-17-15-10-13(9-14(16)11-15)8-7-12-5-3-2-4-6-12;1-2/h2-6,9-11,16H,1H3;1-2H3. The Kier molecular flexibility index (Phi) is 6.05. The summed E-state index contributed by atoms with van der Waals surface area (Å²) < 4.78 is 5.06. The highest BCUT2D eigenvalue weighted by Gasteiger charge is 1.97. The number of benzene rings is 2. The average Bonchev–Trinajstić information content (AvgIpc) is 2.48. The van der Waals surface area contributed by atoms with Gasteiger partial charge in [0.05, 0.1) is 7.11 Å². The van der Waals surface area contributed by atoms with Gasteiger partial charge in [-0.05, 0) is 24.3 Å². The van der Waals surface area contributed by atoms with E-state index in [1.807, 2.05) is 44.2 Å². The summed E-state index contributed by atoms with van der Waals surface area (Å²) >= 11 is 0. The molecule has 19 heavy (non-hydrogen) atoms. The molecule has 1 N–H and O–H groups in total. The minimum absolute atomic E-state index is 0.154. The van der Waals surface area contributed by atoms with E-state index in [9.17, 15) is 5.11 Å². The van der Waals surface area contributed by atoms with Crippen molar-refractivity contribution in [2.75, 3.05) is 7.11 Å². The topological polar surface area (TPSA) is 29.5 Å². The zero-order valence-electron chi connectivity index (χ0n) is 11.5. The van der Waals surface area contributed by atoms with Gasteiger partial charge < -0.3 is 9.84 Å². The molecule has 0 aromatic heterocycles. The second-order valence-electron chi connectivity index (χ2n) is 3.54. The fourth-order valence-electron chi connectivity index (χ4n) is 1.44. The van der Waals surface area contributed by atoms with E-state index < -0.39 is 0 Å². The van der Waals surface area contributed by atoms with Crippen LogP contribution in [-0.4, -0.2) is 12.2 Å². The highest BCUT2D eigenvalue weighted by molar-refractivity contribution is 5.48. The third-order valence-corrected chi connectivity index (χ3v) is 2.25. The number of aromatic hydroxyl groups is 1. The molecule has 0 spiro atoms. The van der Waals surface area contributed by atoms with Crippen LogP contribution in [0.25, 0.3) is 0 Å². The summed E-state index contributed by atoms with van der Waals surface area (Å²) in [6.07, 6.45) is 0. The molecule has 0 saturated carbocycles. The van der Waals surface area contributed by atoms with Gasteiger partial charge in [0.2, 0.25) is 0 Å². The molecule has 0 atom stereocenters. The van der Waals surface area contributed by atoms with Gasteiger partial charge in [0.25, 0.3) is 0 Å². The van der Waals surface area contributed by atoms with Crippen LogP contribution in [0.5, 0.6) is 11.5 Å². The van der Waals surface area contributed by atoms with Crippen molar-refractivity contribution in [3.8, 4) is 23.3 Å². The van der Waals surface area contributed by atoms with Crippen LogP contribution in [-0.2, 0) is 0 Å². The zero-order valence-corrected chi connectivity index (χ0v) is 11.5. The lowest BCUT2D eigenvalue weighted by Gasteiger charge is -2.00. The van der Waals surface area contributed by atoms with Crippen molar-refractivity contribution in [2.45, 2.75) is 13.8 Å².